The van der Waals surface area contributed by atoms with Gasteiger partial charge in [0.1, 0.15) is 17.1 Å². The number of furan rings is 1. The molecular formula is C25H28N6O3. The maximum Gasteiger partial charge on any atom is 0.229 e. The van der Waals surface area contributed by atoms with Gasteiger partial charge in [0.15, 0.2) is 6.61 Å². The Balaban J connectivity index is 1.28. The Hall–Kier alpha value is -3.72. The minimum absolute atomic E-state index is 0.0350. The van der Waals surface area contributed by atoms with Crippen molar-refractivity contribution in [1.82, 2.24) is 30.4 Å². The highest BCUT2D eigenvalue weighted by molar-refractivity contribution is 5.82. The summed E-state index contributed by atoms with van der Waals surface area (Å²) in [5, 5.41) is 14.9. The number of fused-ring (bicyclic) bond motifs is 1. The Labute approximate surface area is 197 Å². The van der Waals surface area contributed by atoms with Gasteiger partial charge in [-0.3, -0.25) is 9.69 Å². The number of hydrogen-bond acceptors (Lipinski definition) is 7. The molecule has 0 bridgehead atoms. The van der Waals surface area contributed by atoms with Gasteiger partial charge in [-0.15, -0.1) is 10.2 Å². The number of nitrogens with zero attached hydrogens (tertiary/aromatic N) is 5. The van der Waals surface area contributed by atoms with Crippen molar-refractivity contribution in [3.8, 4) is 5.75 Å². The van der Waals surface area contributed by atoms with E-state index in [0.29, 0.717) is 18.1 Å². The Bertz CT molecular complexity index is 1200. The predicted molar refractivity (Wildman–Crippen MR) is 126 cm³/mol. The zero-order chi connectivity index (χ0) is 23.3. The van der Waals surface area contributed by atoms with Gasteiger partial charge in [0.05, 0.1) is 12.5 Å². The Morgan fingerprint density at radius 2 is 2.03 bits per heavy atom. The minimum Gasteiger partial charge on any atom is -0.485 e. The van der Waals surface area contributed by atoms with Gasteiger partial charge in [-0.1, -0.05) is 35.5 Å². The number of aromatic nitrogens is 4. The third-order valence-corrected chi connectivity index (χ3v) is 6.26. The standard InChI is InChI=1S/C25H28N6O3/c1-30(25(32)15-21-14-19-7-2-3-10-23(19)34-21)16-22(31-11-4-5-12-31)18-8-6-9-20(13-18)33-17-24-26-28-29-27-24/h2-3,6-10,13-14,22H,4-5,11-12,15-17H2,1H3,(H,26,27,28,29). The van der Waals surface area contributed by atoms with Gasteiger partial charge >= 0.3 is 0 Å². The predicted octanol–water partition coefficient (Wildman–Crippen LogP) is 3.36. The van der Waals surface area contributed by atoms with Crippen LogP contribution in [0.15, 0.2) is 59.0 Å². The van der Waals surface area contributed by atoms with Crippen LogP contribution in [0.2, 0.25) is 0 Å². The van der Waals surface area contributed by atoms with Gasteiger partial charge in [0.25, 0.3) is 0 Å². The quantitative estimate of drug-likeness (QED) is 0.409. The summed E-state index contributed by atoms with van der Waals surface area (Å²) in [4.78, 5) is 17.3. The molecule has 0 aliphatic carbocycles. The van der Waals surface area contributed by atoms with Crippen LogP contribution >= 0.6 is 0 Å². The monoisotopic (exact) mass is 460 g/mol. The molecule has 2 aromatic heterocycles. The summed E-state index contributed by atoms with van der Waals surface area (Å²) in [6.45, 7) is 2.87. The Morgan fingerprint density at radius 1 is 1.18 bits per heavy atom. The molecule has 4 aromatic rings. The number of likely N-dealkylation sites (tertiary alicyclic amines) is 1. The van der Waals surface area contributed by atoms with E-state index in [2.05, 4.69) is 31.6 Å². The van der Waals surface area contributed by atoms with Crippen molar-refractivity contribution in [1.29, 1.82) is 0 Å². The van der Waals surface area contributed by atoms with E-state index in [4.69, 9.17) is 9.15 Å². The van der Waals surface area contributed by atoms with E-state index in [0.717, 1.165) is 35.4 Å². The zero-order valence-electron chi connectivity index (χ0n) is 19.2. The number of tetrazole rings is 1. The van der Waals surface area contributed by atoms with Crippen LogP contribution in [0.5, 0.6) is 5.75 Å². The molecule has 3 heterocycles. The first-order chi connectivity index (χ1) is 16.7. The average molecular weight is 461 g/mol. The molecule has 1 N–H and O–H groups in total. The number of ether oxygens (including phenoxy) is 1. The van der Waals surface area contributed by atoms with Crippen molar-refractivity contribution in [3.05, 3.63) is 71.7 Å². The molecule has 1 aliphatic rings. The van der Waals surface area contributed by atoms with Crippen molar-refractivity contribution in [2.75, 3.05) is 26.7 Å². The molecule has 1 amide bonds. The number of aromatic amines is 1. The topological polar surface area (TPSA) is 100 Å². The molecule has 0 spiro atoms. The summed E-state index contributed by atoms with van der Waals surface area (Å²) in [6, 6.07) is 17.9. The van der Waals surface area contributed by atoms with Crippen LogP contribution < -0.4 is 4.74 Å². The highest BCUT2D eigenvalue weighted by atomic mass is 16.5. The molecule has 0 saturated carbocycles. The van der Waals surface area contributed by atoms with E-state index < -0.39 is 0 Å². The SMILES string of the molecule is CN(CC(c1cccc(OCc2nn[nH]n2)c1)N1CCCC1)C(=O)Cc1cc2ccccc2o1. The zero-order valence-corrected chi connectivity index (χ0v) is 19.2. The Kier molecular flexibility index (Phi) is 6.53. The second kappa shape index (κ2) is 10.0. The van der Waals surface area contributed by atoms with Gasteiger partial charge in [-0.25, -0.2) is 0 Å². The van der Waals surface area contributed by atoms with E-state index in [1.807, 2.05) is 60.5 Å². The first-order valence-electron chi connectivity index (χ1n) is 11.6. The second-order valence-corrected chi connectivity index (χ2v) is 8.65. The molecule has 1 saturated heterocycles. The van der Waals surface area contributed by atoms with Crippen LogP contribution in [0.4, 0.5) is 0 Å². The van der Waals surface area contributed by atoms with Crippen molar-refractivity contribution < 1.29 is 13.9 Å². The molecule has 34 heavy (non-hydrogen) atoms. The molecule has 1 unspecified atom stereocenters. The fourth-order valence-electron chi connectivity index (χ4n) is 4.46. The van der Waals surface area contributed by atoms with Crippen LogP contribution in [0.3, 0.4) is 0 Å². The highest BCUT2D eigenvalue weighted by Gasteiger charge is 2.27. The number of H-pyrrole nitrogens is 1. The largest absolute Gasteiger partial charge is 0.485 e. The summed E-state index contributed by atoms with van der Waals surface area (Å²) in [6.07, 6.45) is 2.58. The van der Waals surface area contributed by atoms with E-state index in [1.54, 1.807) is 0 Å². The molecule has 5 rings (SSSR count). The summed E-state index contributed by atoms with van der Waals surface area (Å²) in [7, 11) is 1.87. The van der Waals surface area contributed by atoms with Crippen molar-refractivity contribution in [2.24, 2.45) is 0 Å². The fourth-order valence-corrected chi connectivity index (χ4v) is 4.46. The number of benzene rings is 2. The second-order valence-electron chi connectivity index (χ2n) is 8.65. The fraction of sp³-hybridized carbons (Fsp3) is 0.360. The summed E-state index contributed by atoms with van der Waals surface area (Å²) in [5.41, 5.74) is 1.93. The first-order valence-corrected chi connectivity index (χ1v) is 11.6. The number of likely N-dealkylation sites (N-methyl/N-ethyl adjacent to an activating group) is 1. The number of amides is 1. The third-order valence-electron chi connectivity index (χ3n) is 6.26. The molecule has 9 nitrogen and oxygen atoms in total. The minimum atomic E-state index is 0.0350. The molecule has 1 fully saturated rings. The number of carbonyl (C=O) groups is 1. The van der Waals surface area contributed by atoms with E-state index >= 15 is 0 Å². The molecule has 1 aliphatic heterocycles. The third kappa shape index (κ3) is 5.09. The van der Waals surface area contributed by atoms with Gasteiger partial charge in [0, 0.05) is 19.0 Å². The van der Waals surface area contributed by atoms with E-state index in [9.17, 15) is 4.79 Å². The molecule has 9 heteroatoms. The maximum absolute atomic E-state index is 13.1. The van der Waals surface area contributed by atoms with Gasteiger partial charge in [-0.2, -0.15) is 5.21 Å². The first kappa shape index (κ1) is 22.1. The number of rotatable bonds is 9. The number of hydrogen-bond donors (Lipinski definition) is 1. The molecule has 1 atom stereocenters. The van der Waals surface area contributed by atoms with Crippen molar-refractivity contribution in [2.45, 2.75) is 31.9 Å². The van der Waals surface area contributed by atoms with Crippen LogP contribution in [0.25, 0.3) is 11.0 Å². The Morgan fingerprint density at radius 3 is 2.82 bits per heavy atom. The molecule has 176 valence electrons. The number of nitrogens with one attached hydrogen (secondary N) is 1. The van der Waals surface area contributed by atoms with Crippen LogP contribution in [0.1, 0.15) is 36.0 Å². The van der Waals surface area contributed by atoms with Crippen LogP contribution in [-0.2, 0) is 17.8 Å². The normalized spacial score (nSPS) is 15.0. The summed E-state index contributed by atoms with van der Waals surface area (Å²) >= 11 is 0. The number of carbonyl (C=O) groups excluding carboxylic acids is 1. The maximum atomic E-state index is 13.1. The van der Waals surface area contributed by atoms with Gasteiger partial charge in [0.2, 0.25) is 11.7 Å². The summed E-state index contributed by atoms with van der Waals surface area (Å²) in [5.74, 6) is 1.96. The van der Waals surface area contributed by atoms with Crippen molar-refractivity contribution >= 4 is 16.9 Å². The lowest BCUT2D eigenvalue weighted by atomic mass is 10.0. The average Bonchev–Trinajstić information content (AvgIpc) is 3.63. The highest BCUT2D eigenvalue weighted by Crippen LogP contribution is 2.29. The molecule has 0 radical (unpaired) electrons. The lowest BCUT2D eigenvalue weighted by molar-refractivity contribution is -0.130. The van der Waals surface area contributed by atoms with E-state index in [1.165, 1.54) is 12.8 Å². The smallest absolute Gasteiger partial charge is 0.229 e. The van der Waals surface area contributed by atoms with Gasteiger partial charge < -0.3 is 14.1 Å². The lowest BCUT2D eigenvalue weighted by Crippen LogP contribution is -2.38. The van der Waals surface area contributed by atoms with Crippen molar-refractivity contribution in [3.63, 3.8) is 0 Å². The van der Waals surface area contributed by atoms with E-state index in [-0.39, 0.29) is 25.0 Å². The lowest BCUT2D eigenvalue weighted by Gasteiger charge is -2.32. The van der Waals surface area contributed by atoms with Crippen LogP contribution in [0, 0.1) is 0 Å². The molecule has 2 aromatic carbocycles. The molecular weight excluding hydrogens is 432 g/mol. The van der Waals surface area contributed by atoms with Crippen LogP contribution in [-0.4, -0.2) is 63.0 Å². The van der Waals surface area contributed by atoms with Gasteiger partial charge in [-0.05, 0) is 55.8 Å². The summed E-state index contributed by atoms with van der Waals surface area (Å²) < 4.78 is 11.7. The number of para-hydroxylation sites is 1.